The first-order chi connectivity index (χ1) is 5.63. The number of benzene rings is 1. The average Bonchev–Trinajstić information content (AvgIpc) is 2.04. The summed E-state index contributed by atoms with van der Waals surface area (Å²) in [6, 6.07) is 6.39. The molecule has 2 N–H and O–H groups in total. The quantitative estimate of drug-likeness (QED) is 0.727. The summed E-state index contributed by atoms with van der Waals surface area (Å²) < 4.78 is 10.5. The van der Waals surface area contributed by atoms with Gasteiger partial charge in [-0.2, -0.15) is 4.89 Å². The molecule has 3 nitrogen and oxygen atoms in total. The number of hydrogen-bond donors (Lipinski definition) is 2. The van der Waals surface area contributed by atoms with Gasteiger partial charge in [-0.25, -0.2) is 0 Å². The summed E-state index contributed by atoms with van der Waals surface area (Å²) in [6.07, 6.45) is 0. The van der Waals surface area contributed by atoms with E-state index in [4.69, 9.17) is 21.6 Å². The molecule has 0 radical (unpaired) electrons. The fourth-order valence-electron chi connectivity index (χ4n) is 0.803. The van der Waals surface area contributed by atoms with Gasteiger partial charge < -0.3 is 5.11 Å². The maximum absolute atomic E-state index is 10.5. The molecule has 0 bridgehead atoms. The Morgan fingerprint density at radius 2 is 2.00 bits per heavy atom. The van der Waals surface area contributed by atoms with Crippen LogP contribution in [0, 0.1) is 0 Å². The molecule has 0 spiro atoms. The minimum Gasteiger partial charge on any atom is -0.345 e. The summed E-state index contributed by atoms with van der Waals surface area (Å²) in [6.45, 7) is 0. The molecule has 0 aromatic heterocycles. The highest BCUT2D eigenvalue weighted by Gasteiger charge is 2.29. The molecule has 0 heterocycles. The smallest absolute Gasteiger partial charge is 0.345 e. The molecule has 1 unspecified atom stereocenters. The van der Waals surface area contributed by atoms with E-state index >= 15 is 0 Å². The van der Waals surface area contributed by atoms with Gasteiger partial charge in [-0.05, 0) is 10.6 Å². The standard InChI is InChI=1S/C7H6ClO3P/c8-6-4-2-1-3-5(6)7(9)12(10)11/h1-4,7,9H/p+1/t7-/m1/s1. The molecule has 2 atom stereocenters. The van der Waals surface area contributed by atoms with Gasteiger partial charge in [0, 0.05) is 0 Å². The van der Waals surface area contributed by atoms with Crippen molar-refractivity contribution in [2.24, 2.45) is 0 Å². The molecule has 12 heavy (non-hydrogen) atoms. The second-order valence-corrected chi connectivity index (χ2v) is 3.70. The lowest BCUT2D eigenvalue weighted by atomic mass is 10.2. The Bertz CT molecular complexity index is 302. The third-order valence-electron chi connectivity index (χ3n) is 1.39. The van der Waals surface area contributed by atoms with Crippen LogP contribution in [0.25, 0.3) is 0 Å². The zero-order chi connectivity index (χ0) is 9.14. The van der Waals surface area contributed by atoms with Crippen molar-refractivity contribution >= 4 is 19.6 Å². The molecule has 0 amide bonds. The van der Waals surface area contributed by atoms with Gasteiger partial charge in [0.15, 0.2) is 0 Å². The van der Waals surface area contributed by atoms with E-state index in [0.29, 0.717) is 5.02 Å². The Morgan fingerprint density at radius 1 is 1.42 bits per heavy atom. The molecule has 0 aliphatic rings. The van der Waals surface area contributed by atoms with Gasteiger partial charge in [0.25, 0.3) is 0 Å². The third kappa shape index (κ3) is 2.02. The van der Waals surface area contributed by atoms with Crippen LogP contribution >= 0.6 is 19.6 Å². The lowest BCUT2D eigenvalue weighted by Gasteiger charge is -1.99. The molecule has 1 aromatic carbocycles. The average molecular weight is 206 g/mol. The van der Waals surface area contributed by atoms with Crippen LogP contribution in [0.3, 0.4) is 0 Å². The summed E-state index contributed by atoms with van der Waals surface area (Å²) >= 11 is 5.66. The van der Waals surface area contributed by atoms with Gasteiger partial charge in [0.1, 0.15) is 0 Å². The van der Waals surface area contributed by atoms with E-state index in [9.17, 15) is 4.57 Å². The summed E-state index contributed by atoms with van der Waals surface area (Å²) in [5.41, 5.74) is 0.280. The zero-order valence-corrected chi connectivity index (χ0v) is 7.66. The minimum absolute atomic E-state index is 0.280. The number of aliphatic hydroxyl groups is 1. The molecule has 0 saturated heterocycles. The molecule has 1 rings (SSSR count). The molecule has 0 aliphatic heterocycles. The maximum atomic E-state index is 10.5. The number of rotatable bonds is 2. The fourth-order valence-corrected chi connectivity index (χ4v) is 1.58. The van der Waals surface area contributed by atoms with E-state index in [2.05, 4.69) is 0 Å². The lowest BCUT2D eigenvalue weighted by molar-refractivity contribution is 0.243. The lowest BCUT2D eigenvalue weighted by Crippen LogP contribution is -1.91. The van der Waals surface area contributed by atoms with Crippen molar-refractivity contribution in [2.45, 2.75) is 5.85 Å². The Balaban J connectivity index is 3.02. The topological polar surface area (TPSA) is 57.5 Å². The van der Waals surface area contributed by atoms with Crippen molar-refractivity contribution in [3.8, 4) is 0 Å². The molecule has 1 aromatic rings. The van der Waals surface area contributed by atoms with E-state index in [1.54, 1.807) is 18.2 Å². The predicted molar refractivity (Wildman–Crippen MR) is 46.2 cm³/mol. The van der Waals surface area contributed by atoms with Crippen molar-refractivity contribution in [3.63, 3.8) is 0 Å². The third-order valence-corrected chi connectivity index (χ3v) is 2.43. The Labute approximate surface area is 75.5 Å². The van der Waals surface area contributed by atoms with Crippen LogP contribution in [0.2, 0.25) is 5.02 Å². The number of halogens is 1. The van der Waals surface area contributed by atoms with E-state index in [0.717, 1.165) is 0 Å². The fraction of sp³-hybridized carbons (Fsp3) is 0.143. The molecule has 0 aliphatic carbocycles. The first kappa shape index (κ1) is 9.62. The summed E-state index contributed by atoms with van der Waals surface area (Å²) in [5.74, 6) is -1.39. The van der Waals surface area contributed by atoms with E-state index in [1.165, 1.54) is 6.07 Å². The minimum atomic E-state index is -2.63. The zero-order valence-electron chi connectivity index (χ0n) is 6.01. The normalized spacial score (nSPS) is 14.1. The Morgan fingerprint density at radius 3 is 2.50 bits per heavy atom. The molecule has 0 fully saturated rings. The van der Waals surface area contributed by atoms with Crippen molar-refractivity contribution in [1.82, 2.24) is 0 Å². The largest absolute Gasteiger partial charge is 0.542 e. The van der Waals surface area contributed by atoms with Gasteiger partial charge in [-0.3, -0.25) is 0 Å². The highest BCUT2D eigenvalue weighted by molar-refractivity contribution is 7.38. The molecule has 5 heteroatoms. The Kier molecular flexibility index (Phi) is 3.18. The first-order valence-corrected chi connectivity index (χ1v) is 4.86. The highest BCUT2D eigenvalue weighted by atomic mass is 35.5. The predicted octanol–water partition coefficient (Wildman–Crippen LogP) is 2.07. The van der Waals surface area contributed by atoms with Gasteiger partial charge in [-0.15, -0.1) is 0 Å². The van der Waals surface area contributed by atoms with Crippen LogP contribution in [-0.4, -0.2) is 10.00 Å². The van der Waals surface area contributed by atoms with Crippen molar-refractivity contribution in [2.75, 3.05) is 0 Å². The van der Waals surface area contributed by atoms with E-state index in [-0.39, 0.29) is 5.56 Å². The number of hydrogen-bond acceptors (Lipinski definition) is 2. The molecular formula is C7H7ClO3P+. The summed E-state index contributed by atoms with van der Waals surface area (Å²) in [7, 11) is -2.63. The molecule has 0 saturated carbocycles. The van der Waals surface area contributed by atoms with Crippen molar-refractivity contribution in [3.05, 3.63) is 34.9 Å². The molecular weight excluding hydrogens is 199 g/mol. The van der Waals surface area contributed by atoms with E-state index in [1.807, 2.05) is 0 Å². The van der Waals surface area contributed by atoms with Gasteiger partial charge in [0.2, 0.25) is 0 Å². The Hall–Kier alpha value is -0.470. The van der Waals surface area contributed by atoms with Crippen LogP contribution in [0.5, 0.6) is 0 Å². The number of aliphatic hydroxyl groups excluding tert-OH is 1. The monoisotopic (exact) mass is 205 g/mol. The first-order valence-electron chi connectivity index (χ1n) is 3.20. The van der Waals surface area contributed by atoms with Gasteiger partial charge >= 0.3 is 13.9 Å². The van der Waals surface area contributed by atoms with Crippen molar-refractivity contribution in [1.29, 1.82) is 0 Å². The van der Waals surface area contributed by atoms with Crippen LogP contribution in [0.1, 0.15) is 11.4 Å². The van der Waals surface area contributed by atoms with Gasteiger partial charge in [-0.1, -0.05) is 29.8 Å². The summed E-state index contributed by atoms with van der Waals surface area (Å²) in [5, 5.41) is 9.45. The van der Waals surface area contributed by atoms with Crippen molar-refractivity contribution < 1.29 is 14.6 Å². The second kappa shape index (κ2) is 3.97. The SMILES string of the molecule is O=[P+](O)[C@@H](O)c1ccccc1Cl. The van der Waals surface area contributed by atoms with Crippen LogP contribution in [0.4, 0.5) is 0 Å². The van der Waals surface area contributed by atoms with Crippen LogP contribution < -0.4 is 0 Å². The molecule has 64 valence electrons. The second-order valence-electron chi connectivity index (χ2n) is 2.20. The highest BCUT2D eigenvalue weighted by Crippen LogP contribution is 2.37. The van der Waals surface area contributed by atoms with Crippen LogP contribution in [0.15, 0.2) is 24.3 Å². The van der Waals surface area contributed by atoms with Gasteiger partial charge in [0.05, 0.1) is 10.6 Å². The van der Waals surface area contributed by atoms with E-state index < -0.39 is 13.9 Å². The van der Waals surface area contributed by atoms with Crippen LogP contribution in [-0.2, 0) is 4.57 Å². The maximum Gasteiger partial charge on any atom is 0.542 e. The summed E-state index contributed by atoms with van der Waals surface area (Å²) in [4.78, 5) is 8.60.